The van der Waals surface area contributed by atoms with Crippen LogP contribution in [0.2, 0.25) is 5.02 Å². The number of rotatable bonds is 11. The molecule has 3 aromatic rings. The Labute approximate surface area is 236 Å². The van der Waals surface area contributed by atoms with Crippen LogP contribution in [0.1, 0.15) is 99.5 Å². The second kappa shape index (κ2) is 11.6. The molecule has 1 aromatic carbocycles. The van der Waals surface area contributed by atoms with Gasteiger partial charge in [-0.25, -0.2) is 4.52 Å². The number of hydrogen-bond donors (Lipinski definition) is 3. The Balaban J connectivity index is 1.90. The van der Waals surface area contributed by atoms with Crippen LogP contribution in [-0.4, -0.2) is 43.3 Å². The zero-order valence-corrected chi connectivity index (χ0v) is 25.4. The molecule has 2 heterocycles. The van der Waals surface area contributed by atoms with E-state index in [1.807, 2.05) is 44.3 Å². The molecule has 0 fully saturated rings. The summed E-state index contributed by atoms with van der Waals surface area (Å²) in [7, 11) is 0. The zero-order chi connectivity index (χ0) is 29.2. The largest absolute Gasteiger partial charge is 0.478 e. The molecule has 214 valence electrons. The van der Waals surface area contributed by atoms with Crippen molar-refractivity contribution in [1.29, 1.82) is 0 Å². The lowest BCUT2D eigenvalue weighted by Crippen LogP contribution is -2.59. The van der Waals surface area contributed by atoms with E-state index in [-0.39, 0.29) is 17.2 Å². The van der Waals surface area contributed by atoms with E-state index in [1.165, 1.54) is 0 Å². The third-order valence-corrected chi connectivity index (χ3v) is 7.83. The summed E-state index contributed by atoms with van der Waals surface area (Å²) in [6.07, 6.45) is 1.86. The van der Waals surface area contributed by atoms with Gasteiger partial charge in [-0.05, 0) is 38.8 Å². The fraction of sp³-hybridized carbons (Fsp3) is 0.586. The van der Waals surface area contributed by atoms with Gasteiger partial charge in [0.25, 0.3) is 5.91 Å². The minimum atomic E-state index is -0.754. The Morgan fingerprint density at radius 3 is 2.36 bits per heavy atom. The van der Waals surface area contributed by atoms with E-state index < -0.39 is 17.1 Å². The van der Waals surface area contributed by atoms with Crippen LogP contribution < -0.4 is 15.4 Å². The highest BCUT2D eigenvalue weighted by Crippen LogP contribution is 2.37. The van der Waals surface area contributed by atoms with E-state index >= 15 is 0 Å². The highest BCUT2D eigenvalue weighted by Gasteiger charge is 2.45. The molecular weight excluding hydrogens is 516 g/mol. The van der Waals surface area contributed by atoms with Crippen LogP contribution in [0.4, 0.5) is 5.69 Å². The third-order valence-electron chi connectivity index (χ3n) is 7.47. The lowest BCUT2D eigenvalue weighted by atomic mass is 9.73. The molecule has 0 aliphatic heterocycles. The molecule has 2 aromatic heterocycles. The van der Waals surface area contributed by atoms with Crippen molar-refractivity contribution in [1.82, 2.24) is 25.1 Å². The summed E-state index contributed by atoms with van der Waals surface area (Å²) in [5.41, 5.74) is 0.350. The molecule has 9 nitrogen and oxygen atoms in total. The number of hydrogen-bond acceptors (Lipinski definition) is 5. The van der Waals surface area contributed by atoms with Gasteiger partial charge < -0.3 is 15.4 Å². The SMILES string of the molecule is CCCCC(Oc1ccccc1NC(=O)CC)C(=O)NC(C)(C)C(C)(C)c1nnc2c(Cl)c(C(C)(C)C)[nH]n12. The molecule has 0 saturated heterocycles. The van der Waals surface area contributed by atoms with Crippen molar-refractivity contribution in [3.05, 3.63) is 40.8 Å². The van der Waals surface area contributed by atoms with Crippen LogP contribution in [0.3, 0.4) is 0 Å². The number of aromatic nitrogens is 4. The van der Waals surface area contributed by atoms with Crippen molar-refractivity contribution in [2.75, 3.05) is 5.32 Å². The van der Waals surface area contributed by atoms with Gasteiger partial charge in [-0.3, -0.25) is 14.7 Å². The van der Waals surface area contributed by atoms with Gasteiger partial charge >= 0.3 is 0 Å². The maximum absolute atomic E-state index is 13.7. The van der Waals surface area contributed by atoms with E-state index in [1.54, 1.807) is 19.1 Å². The van der Waals surface area contributed by atoms with Crippen molar-refractivity contribution >= 4 is 34.7 Å². The highest BCUT2D eigenvalue weighted by molar-refractivity contribution is 6.34. The number of anilines is 1. The Morgan fingerprint density at radius 1 is 1.08 bits per heavy atom. The topological polar surface area (TPSA) is 113 Å². The summed E-state index contributed by atoms with van der Waals surface area (Å²) in [5, 5.41) is 18.8. The molecule has 0 aliphatic rings. The number of carbonyl (C=O) groups is 2. The minimum Gasteiger partial charge on any atom is -0.478 e. The molecule has 0 bridgehead atoms. The molecule has 1 atom stereocenters. The van der Waals surface area contributed by atoms with Gasteiger partial charge in [0.2, 0.25) is 5.91 Å². The second-order valence-corrected chi connectivity index (χ2v) is 12.5. The first kappa shape index (κ1) is 30.5. The van der Waals surface area contributed by atoms with E-state index in [0.29, 0.717) is 40.8 Å². The van der Waals surface area contributed by atoms with Crippen molar-refractivity contribution < 1.29 is 14.3 Å². The molecule has 0 radical (unpaired) electrons. The van der Waals surface area contributed by atoms with Crippen LogP contribution in [0.15, 0.2) is 24.3 Å². The first-order chi connectivity index (χ1) is 18.1. The fourth-order valence-electron chi connectivity index (χ4n) is 4.23. The molecule has 2 amide bonds. The van der Waals surface area contributed by atoms with E-state index in [4.69, 9.17) is 16.3 Å². The first-order valence-corrected chi connectivity index (χ1v) is 14.0. The summed E-state index contributed by atoms with van der Waals surface area (Å²) in [6.45, 7) is 18.1. The molecule has 3 rings (SSSR count). The number of H-pyrrole nitrogens is 1. The van der Waals surface area contributed by atoms with Gasteiger partial charge in [0.1, 0.15) is 10.8 Å². The van der Waals surface area contributed by atoms with Crippen LogP contribution in [0.25, 0.3) is 5.65 Å². The van der Waals surface area contributed by atoms with Crippen LogP contribution >= 0.6 is 11.6 Å². The second-order valence-electron chi connectivity index (χ2n) is 12.1. The maximum atomic E-state index is 13.7. The number of fused-ring (bicyclic) bond motifs is 1. The van der Waals surface area contributed by atoms with Crippen LogP contribution in [0.5, 0.6) is 5.75 Å². The van der Waals surface area contributed by atoms with Crippen molar-refractivity contribution in [2.45, 2.75) is 110 Å². The predicted octanol–water partition coefficient (Wildman–Crippen LogP) is 6.17. The Bertz CT molecular complexity index is 1320. The number of nitrogens with one attached hydrogen (secondary N) is 3. The molecule has 0 aliphatic carbocycles. The third kappa shape index (κ3) is 6.40. The van der Waals surface area contributed by atoms with E-state index in [9.17, 15) is 9.59 Å². The average Bonchev–Trinajstić information content (AvgIpc) is 3.42. The predicted molar refractivity (Wildman–Crippen MR) is 156 cm³/mol. The van der Waals surface area contributed by atoms with Crippen molar-refractivity contribution in [3.63, 3.8) is 0 Å². The number of carbonyl (C=O) groups excluding carboxylic acids is 2. The minimum absolute atomic E-state index is 0.123. The summed E-state index contributed by atoms with van der Waals surface area (Å²) < 4.78 is 8.06. The normalized spacial score (nSPS) is 13.4. The van der Waals surface area contributed by atoms with Gasteiger partial charge in [0.15, 0.2) is 17.6 Å². The molecule has 1 unspecified atom stereocenters. The quantitative estimate of drug-likeness (QED) is 0.260. The molecule has 0 saturated carbocycles. The maximum Gasteiger partial charge on any atom is 0.261 e. The number of para-hydroxylation sites is 2. The van der Waals surface area contributed by atoms with Gasteiger partial charge in [0.05, 0.1) is 11.4 Å². The standard InChI is InChI=1S/C29H43ClN6O3/c1-10-12-16-20(39-19-17-14-13-15-18(19)31-21(37)11-2)25(38)32-29(8,9)28(6,7)26-34-33-24-22(30)23(27(3,4)5)35-36(24)26/h13-15,17,20,35H,10-12,16H2,1-9H3,(H,31,37)(H,32,38). The smallest absolute Gasteiger partial charge is 0.261 e. The number of aromatic amines is 1. The van der Waals surface area contributed by atoms with E-state index in [2.05, 4.69) is 53.6 Å². The monoisotopic (exact) mass is 558 g/mol. The molecule has 0 spiro atoms. The Hall–Kier alpha value is -3.07. The molecule has 10 heteroatoms. The molecule has 39 heavy (non-hydrogen) atoms. The number of benzene rings is 1. The number of ether oxygens (including phenoxy) is 1. The summed E-state index contributed by atoms with van der Waals surface area (Å²) in [5.74, 6) is 0.752. The number of halogens is 1. The zero-order valence-electron chi connectivity index (χ0n) is 24.7. The number of unbranched alkanes of at least 4 members (excludes halogenated alkanes) is 1. The summed E-state index contributed by atoms with van der Waals surface area (Å²) in [4.78, 5) is 25.8. The van der Waals surface area contributed by atoms with Crippen LogP contribution in [-0.2, 0) is 20.4 Å². The Morgan fingerprint density at radius 2 is 1.74 bits per heavy atom. The highest BCUT2D eigenvalue weighted by atomic mass is 35.5. The number of amides is 2. The van der Waals surface area contributed by atoms with Crippen molar-refractivity contribution in [3.8, 4) is 5.75 Å². The van der Waals surface area contributed by atoms with Crippen molar-refractivity contribution in [2.24, 2.45) is 0 Å². The van der Waals surface area contributed by atoms with Gasteiger partial charge in [-0.1, -0.05) is 78.6 Å². The average molecular weight is 559 g/mol. The van der Waals surface area contributed by atoms with Crippen LogP contribution in [0, 0.1) is 0 Å². The lowest BCUT2D eigenvalue weighted by molar-refractivity contribution is -0.130. The number of nitrogens with zero attached hydrogens (tertiary/aromatic N) is 3. The fourth-order valence-corrected chi connectivity index (χ4v) is 4.68. The van der Waals surface area contributed by atoms with Gasteiger partial charge in [0, 0.05) is 22.8 Å². The first-order valence-electron chi connectivity index (χ1n) is 13.6. The molecular formula is C29H43ClN6O3. The summed E-state index contributed by atoms with van der Waals surface area (Å²) >= 11 is 6.66. The van der Waals surface area contributed by atoms with Gasteiger partial charge in [-0.15, -0.1) is 10.2 Å². The summed E-state index contributed by atoms with van der Waals surface area (Å²) in [6, 6.07) is 7.18. The lowest BCUT2D eigenvalue weighted by Gasteiger charge is -2.41. The van der Waals surface area contributed by atoms with E-state index in [0.717, 1.165) is 18.5 Å². The molecule has 3 N–H and O–H groups in total. The Kier molecular flexibility index (Phi) is 9.05. The van der Waals surface area contributed by atoms with Gasteiger partial charge in [-0.2, -0.15) is 0 Å².